The van der Waals surface area contributed by atoms with Gasteiger partial charge in [-0.15, -0.1) is 12.0 Å². The van der Waals surface area contributed by atoms with Gasteiger partial charge in [0.05, 0.1) is 36.9 Å². The zero-order valence-electron chi connectivity index (χ0n) is 19.3. The van der Waals surface area contributed by atoms with Crippen LogP contribution in [0.3, 0.4) is 0 Å². The summed E-state index contributed by atoms with van der Waals surface area (Å²) in [4.78, 5) is 23.2. The zero-order valence-corrected chi connectivity index (χ0v) is 21.9. The molecule has 11 heteroatoms. The molecule has 0 amide bonds. The predicted octanol–water partition coefficient (Wildman–Crippen LogP) is 3.43. The van der Waals surface area contributed by atoms with Gasteiger partial charge in [-0.3, -0.25) is 0 Å². The van der Waals surface area contributed by atoms with Crippen molar-refractivity contribution in [2.24, 2.45) is 0 Å². The molecule has 33 heavy (non-hydrogen) atoms. The lowest BCUT2D eigenvalue weighted by atomic mass is 10.4. The van der Waals surface area contributed by atoms with Crippen LogP contribution >= 0.6 is 15.9 Å². The Morgan fingerprint density at radius 2 is 1.06 bits per heavy atom. The Kier molecular flexibility index (Phi) is 12.1. The molecular formula is C22H25BrN6O3Si. The smallest absolute Gasteiger partial charge is 0.316 e. The zero-order chi connectivity index (χ0) is 24.7. The Morgan fingerprint density at radius 1 is 0.697 bits per heavy atom. The molecule has 0 radical (unpaired) electrons. The van der Waals surface area contributed by atoms with Gasteiger partial charge in [0.1, 0.15) is 8.07 Å². The second-order valence-electron chi connectivity index (χ2n) is 6.95. The van der Waals surface area contributed by atoms with Crippen LogP contribution in [0.1, 0.15) is 11.1 Å². The Labute approximate surface area is 203 Å². The first-order valence-electron chi connectivity index (χ1n) is 9.44. The average Bonchev–Trinajstić information content (AvgIpc) is 2.84. The van der Waals surface area contributed by atoms with Crippen molar-refractivity contribution in [2.45, 2.75) is 19.6 Å². The van der Waals surface area contributed by atoms with E-state index in [9.17, 15) is 0 Å². The van der Waals surface area contributed by atoms with E-state index in [2.05, 4.69) is 82.9 Å². The van der Waals surface area contributed by atoms with E-state index in [1.807, 2.05) is 0 Å². The Morgan fingerprint density at radius 3 is 1.39 bits per heavy atom. The van der Waals surface area contributed by atoms with E-state index in [0.717, 1.165) is 10.0 Å². The number of rotatable bonds is 3. The molecule has 0 saturated carbocycles. The lowest BCUT2D eigenvalue weighted by Gasteiger charge is -2.03. The second-order valence-corrected chi connectivity index (χ2v) is 12.6. The second kappa shape index (κ2) is 14.5. The summed E-state index contributed by atoms with van der Waals surface area (Å²) >= 11 is 3.19. The highest BCUT2D eigenvalue weighted by Gasteiger charge is 2.07. The van der Waals surface area contributed by atoms with Gasteiger partial charge in [-0.2, -0.15) is 0 Å². The van der Waals surface area contributed by atoms with Crippen LogP contribution in [0.15, 0.2) is 41.7 Å². The molecule has 3 heterocycles. The van der Waals surface area contributed by atoms with Crippen LogP contribution in [-0.2, 0) is 0 Å². The highest BCUT2D eigenvalue weighted by atomic mass is 79.9. The standard InChI is InChI=1S/C10H14N2OSi.C7H6N2O.C5H5BrN2O/c1-13-10-11-7-9(8-12-10)5-6-14(2,3)4;1-3-6-4-8-7(10-2)9-5-6;1-9-5-7-2-4(6)3-8-5/h7-8H,1-4H3;1,4-5H,2H3;2-3H,1H3. The van der Waals surface area contributed by atoms with Gasteiger partial charge in [0.25, 0.3) is 0 Å². The molecule has 9 nitrogen and oxygen atoms in total. The molecule has 0 aliphatic rings. The monoisotopic (exact) mass is 528 g/mol. The largest absolute Gasteiger partial charge is 0.467 e. The normalized spacial score (nSPS) is 9.39. The third kappa shape index (κ3) is 12.2. The maximum Gasteiger partial charge on any atom is 0.316 e. The molecule has 0 spiro atoms. The molecule has 0 atom stereocenters. The van der Waals surface area contributed by atoms with Crippen LogP contribution in [0.25, 0.3) is 0 Å². The van der Waals surface area contributed by atoms with Crippen molar-refractivity contribution in [2.75, 3.05) is 21.3 Å². The van der Waals surface area contributed by atoms with Crippen molar-refractivity contribution >= 4 is 24.0 Å². The molecule has 0 unspecified atom stereocenters. The summed E-state index contributed by atoms with van der Waals surface area (Å²) in [7, 11) is 3.27. The van der Waals surface area contributed by atoms with E-state index in [-0.39, 0.29) is 0 Å². The van der Waals surface area contributed by atoms with E-state index in [1.54, 1.807) is 31.9 Å². The molecule has 0 fully saturated rings. The molecule has 3 rings (SSSR count). The van der Waals surface area contributed by atoms with Crippen molar-refractivity contribution in [1.82, 2.24) is 29.9 Å². The fourth-order valence-corrected chi connectivity index (χ4v) is 2.37. The highest BCUT2D eigenvalue weighted by molar-refractivity contribution is 9.10. The minimum absolute atomic E-state index is 0.332. The first kappa shape index (κ1) is 27.5. The topological polar surface area (TPSA) is 105 Å². The Balaban J connectivity index is 0.000000255. The Bertz CT molecular complexity index is 1070. The van der Waals surface area contributed by atoms with Crippen LogP contribution in [-0.4, -0.2) is 59.3 Å². The Hall–Kier alpha value is -3.54. The SMILES string of the molecule is C#Cc1cnc(OC)nc1.COc1ncc(Br)cn1.COc1ncc(C#C[Si](C)(C)C)cn1. The minimum atomic E-state index is -1.31. The summed E-state index contributed by atoms with van der Waals surface area (Å²) in [6.07, 6.45) is 14.8. The molecule has 0 saturated heterocycles. The lowest BCUT2D eigenvalue weighted by molar-refractivity contribution is 0.379. The maximum absolute atomic E-state index is 5.07. The molecule has 0 bridgehead atoms. The van der Waals surface area contributed by atoms with Crippen LogP contribution in [0.4, 0.5) is 0 Å². The molecular weight excluding hydrogens is 504 g/mol. The first-order chi connectivity index (χ1) is 15.7. The number of methoxy groups -OCH3 is 3. The van der Waals surface area contributed by atoms with Crippen LogP contribution in [0, 0.1) is 23.8 Å². The molecule has 0 aliphatic heterocycles. The van der Waals surface area contributed by atoms with Crippen molar-refractivity contribution in [3.05, 3.63) is 52.8 Å². The van der Waals surface area contributed by atoms with Gasteiger partial charge in [-0.25, -0.2) is 29.9 Å². The number of ether oxygens (including phenoxy) is 3. The summed E-state index contributed by atoms with van der Waals surface area (Å²) in [6.45, 7) is 6.60. The first-order valence-corrected chi connectivity index (χ1v) is 13.7. The quantitative estimate of drug-likeness (QED) is 0.373. The minimum Gasteiger partial charge on any atom is -0.467 e. The van der Waals surface area contributed by atoms with Gasteiger partial charge >= 0.3 is 18.0 Å². The fraction of sp³-hybridized carbons (Fsp3) is 0.273. The van der Waals surface area contributed by atoms with Crippen molar-refractivity contribution in [3.8, 4) is 41.8 Å². The van der Waals surface area contributed by atoms with Gasteiger partial charge in [-0.1, -0.05) is 31.5 Å². The number of hydrogen-bond acceptors (Lipinski definition) is 9. The predicted molar refractivity (Wildman–Crippen MR) is 132 cm³/mol. The number of nitrogens with zero attached hydrogens (tertiary/aromatic N) is 6. The summed E-state index contributed by atoms with van der Waals surface area (Å²) in [5.41, 5.74) is 4.74. The van der Waals surface area contributed by atoms with Gasteiger partial charge in [0, 0.05) is 37.2 Å². The summed E-state index contributed by atoms with van der Waals surface area (Å²) in [5, 5.41) is 0. The average molecular weight is 529 g/mol. The van der Waals surface area contributed by atoms with Crippen molar-refractivity contribution < 1.29 is 14.2 Å². The van der Waals surface area contributed by atoms with Gasteiger partial charge in [0.15, 0.2) is 0 Å². The third-order valence-corrected chi connectivity index (χ3v) is 4.43. The number of terminal acetylenes is 1. The van der Waals surface area contributed by atoms with Crippen molar-refractivity contribution in [3.63, 3.8) is 0 Å². The molecule has 0 aliphatic carbocycles. The van der Waals surface area contributed by atoms with Crippen molar-refractivity contribution in [1.29, 1.82) is 0 Å². The number of hydrogen-bond donors (Lipinski definition) is 0. The molecule has 3 aromatic heterocycles. The van der Waals surface area contributed by atoms with E-state index < -0.39 is 8.07 Å². The lowest BCUT2D eigenvalue weighted by Crippen LogP contribution is -2.16. The number of halogens is 1. The highest BCUT2D eigenvalue weighted by Crippen LogP contribution is 2.07. The van der Waals surface area contributed by atoms with Crippen LogP contribution < -0.4 is 14.2 Å². The number of aromatic nitrogens is 6. The summed E-state index contributed by atoms with van der Waals surface area (Å²) in [6, 6.07) is 1.10. The summed E-state index contributed by atoms with van der Waals surface area (Å²) < 4.78 is 15.2. The van der Waals surface area contributed by atoms with E-state index in [4.69, 9.17) is 20.6 Å². The third-order valence-electron chi connectivity index (χ3n) is 3.15. The van der Waals surface area contributed by atoms with Gasteiger partial charge < -0.3 is 14.2 Å². The maximum atomic E-state index is 5.07. The van der Waals surface area contributed by atoms with E-state index in [0.29, 0.717) is 23.6 Å². The molecule has 172 valence electrons. The van der Waals surface area contributed by atoms with E-state index in [1.165, 1.54) is 26.6 Å². The van der Waals surface area contributed by atoms with E-state index >= 15 is 0 Å². The van der Waals surface area contributed by atoms with Crippen LogP contribution in [0.5, 0.6) is 18.0 Å². The molecule has 0 aromatic carbocycles. The summed E-state index contributed by atoms with van der Waals surface area (Å²) in [5.74, 6) is 5.46. The van der Waals surface area contributed by atoms with Crippen LogP contribution in [0.2, 0.25) is 19.6 Å². The van der Waals surface area contributed by atoms with Gasteiger partial charge in [-0.05, 0) is 15.9 Å². The van der Waals surface area contributed by atoms with Gasteiger partial charge in [0.2, 0.25) is 0 Å². The molecule has 3 aromatic rings. The fourth-order valence-electron chi connectivity index (χ4n) is 1.65. The molecule has 0 N–H and O–H groups in total.